The number of Topliss-reactive ketones (excluding diaryl/α,β-unsaturated/α-hetero) is 2. The molecule has 8 heteroatoms. The van der Waals surface area contributed by atoms with E-state index in [2.05, 4.69) is 10.1 Å². The molecule has 1 saturated carbocycles. The molecule has 0 atom stereocenters. The van der Waals surface area contributed by atoms with E-state index in [-0.39, 0.29) is 35.7 Å². The Hall–Kier alpha value is -2.77. The third-order valence-electron chi connectivity index (χ3n) is 4.60. The molecule has 0 radical (unpaired) electrons. The van der Waals surface area contributed by atoms with Gasteiger partial charge < -0.3 is 14.7 Å². The van der Waals surface area contributed by atoms with E-state index in [1.165, 1.54) is 0 Å². The molecule has 1 aromatic heterocycles. The van der Waals surface area contributed by atoms with Crippen LogP contribution in [0.3, 0.4) is 0 Å². The van der Waals surface area contributed by atoms with E-state index in [1.54, 1.807) is 0 Å². The lowest BCUT2D eigenvalue weighted by Crippen LogP contribution is -2.22. The van der Waals surface area contributed by atoms with Crippen molar-refractivity contribution in [1.29, 1.82) is 0 Å². The average Bonchev–Trinajstić information content (AvgIpc) is 3.02. The van der Waals surface area contributed by atoms with Gasteiger partial charge in [0.05, 0.1) is 16.8 Å². The van der Waals surface area contributed by atoms with Crippen molar-refractivity contribution in [1.82, 2.24) is 5.16 Å². The molecule has 0 spiro atoms. The molecule has 2 aliphatic carbocycles. The fourth-order valence-corrected chi connectivity index (χ4v) is 3.39. The molecule has 0 bridgehead atoms. The summed E-state index contributed by atoms with van der Waals surface area (Å²) in [4.78, 5) is 38.9. The van der Waals surface area contributed by atoms with Crippen molar-refractivity contribution in [2.45, 2.75) is 51.4 Å². The number of allylic oxidation sites excluding steroid dienone is 2. The number of aromatic nitrogens is 1. The van der Waals surface area contributed by atoms with Gasteiger partial charge in [0.25, 0.3) is 0 Å². The number of hydrogen-bond acceptors (Lipinski definition) is 7. The van der Waals surface area contributed by atoms with Gasteiger partial charge in [0, 0.05) is 37.8 Å². The molecule has 0 amide bonds. The Morgan fingerprint density at radius 3 is 2.58 bits per heavy atom. The van der Waals surface area contributed by atoms with Gasteiger partial charge in [-0.15, -0.1) is 0 Å². The highest BCUT2D eigenvalue weighted by Gasteiger charge is 2.28. The van der Waals surface area contributed by atoms with Gasteiger partial charge in [0.15, 0.2) is 11.6 Å². The smallest absolute Gasteiger partial charge is 0.325 e. The Morgan fingerprint density at radius 1 is 1.08 bits per heavy atom. The van der Waals surface area contributed by atoms with Crippen LogP contribution in [0.15, 0.2) is 20.8 Å². The van der Waals surface area contributed by atoms with Gasteiger partial charge in [0.1, 0.15) is 18.1 Å². The standard InChI is InChI=1S/C18H20N2O6/c21-12-4-1-3-10(19-9-16(24)25)17(12)14(23)8-7-11-18-13(22)5-2-6-15(18)26-20-11/h23H,1-9H2,(H,24,25)/b17-14+,19-10?. The molecule has 0 aromatic carbocycles. The van der Waals surface area contributed by atoms with Gasteiger partial charge in [-0.05, 0) is 19.3 Å². The second-order valence-corrected chi connectivity index (χ2v) is 6.46. The topological polar surface area (TPSA) is 130 Å². The number of rotatable bonds is 5. The van der Waals surface area contributed by atoms with E-state index in [4.69, 9.17) is 9.63 Å². The van der Waals surface area contributed by atoms with Crippen LogP contribution in [0.25, 0.3) is 0 Å². The number of aryl methyl sites for hydroxylation is 2. The Balaban J connectivity index is 1.80. The first-order valence-electron chi connectivity index (χ1n) is 8.68. The van der Waals surface area contributed by atoms with Crippen molar-refractivity contribution >= 4 is 23.2 Å². The summed E-state index contributed by atoms with van der Waals surface area (Å²) < 4.78 is 5.22. The van der Waals surface area contributed by atoms with Crippen molar-refractivity contribution in [3.05, 3.63) is 28.3 Å². The van der Waals surface area contributed by atoms with Crippen LogP contribution in [-0.2, 0) is 22.4 Å². The van der Waals surface area contributed by atoms with Crippen LogP contribution in [0, 0.1) is 0 Å². The SMILES string of the molecule is O=C(O)CN=C1CCCC(=O)/C1=C(/O)CCc1noc2c1C(=O)CCC2. The number of nitrogens with zero attached hydrogens (tertiary/aromatic N) is 2. The fraction of sp³-hybridized carbons (Fsp3) is 0.500. The number of carboxylic acids is 1. The first-order valence-corrected chi connectivity index (χ1v) is 8.68. The zero-order valence-electron chi connectivity index (χ0n) is 14.3. The number of hydrogen-bond donors (Lipinski definition) is 2. The largest absolute Gasteiger partial charge is 0.511 e. The molecule has 3 rings (SSSR count). The normalized spacial score (nSPS) is 21.0. The number of fused-ring (bicyclic) bond motifs is 1. The maximum Gasteiger partial charge on any atom is 0.325 e. The minimum atomic E-state index is -1.10. The summed E-state index contributed by atoms with van der Waals surface area (Å²) in [5.41, 5.74) is 1.44. The molecular formula is C18H20N2O6. The number of aliphatic hydroxyl groups is 1. The van der Waals surface area contributed by atoms with Crippen LogP contribution < -0.4 is 0 Å². The second kappa shape index (κ2) is 7.63. The summed E-state index contributed by atoms with van der Waals surface area (Å²) >= 11 is 0. The van der Waals surface area contributed by atoms with E-state index in [0.29, 0.717) is 54.8 Å². The van der Waals surface area contributed by atoms with Crippen molar-refractivity contribution in [3.8, 4) is 0 Å². The van der Waals surface area contributed by atoms with Gasteiger partial charge in [-0.2, -0.15) is 0 Å². The number of aliphatic imine (C=N–C) groups is 1. The molecule has 1 heterocycles. The summed E-state index contributed by atoms with van der Waals surface area (Å²) in [5.74, 6) is -0.898. The van der Waals surface area contributed by atoms with Crippen molar-refractivity contribution in [2.75, 3.05) is 6.54 Å². The number of aliphatic hydroxyl groups excluding tert-OH is 1. The lowest BCUT2D eigenvalue weighted by atomic mass is 9.89. The molecule has 1 fully saturated rings. The Morgan fingerprint density at radius 2 is 1.81 bits per heavy atom. The fourth-order valence-electron chi connectivity index (χ4n) is 3.39. The van der Waals surface area contributed by atoms with Crippen LogP contribution in [-0.4, -0.2) is 45.2 Å². The molecule has 2 aliphatic rings. The maximum atomic E-state index is 12.2. The summed E-state index contributed by atoms with van der Waals surface area (Å²) in [6.45, 7) is -0.440. The highest BCUT2D eigenvalue weighted by Crippen LogP contribution is 2.27. The third-order valence-corrected chi connectivity index (χ3v) is 4.60. The van der Waals surface area contributed by atoms with Crippen LogP contribution in [0.5, 0.6) is 0 Å². The highest BCUT2D eigenvalue weighted by molar-refractivity contribution is 6.24. The van der Waals surface area contributed by atoms with Crippen LogP contribution >= 0.6 is 0 Å². The van der Waals surface area contributed by atoms with E-state index in [1.807, 2.05) is 0 Å². The Bertz CT molecular complexity index is 818. The van der Waals surface area contributed by atoms with Crippen LogP contribution in [0.4, 0.5) is 0 Å². The molecule has 138 valence electrons. The molecule has 1 aromatic rings. The highest BCUT2D eigenvalue weighted by atomic mass is 16.5. The summed E-state index contributed by atoms with van der Waals surface area (Å²) in [5, 5.41) is 23.2. The molecule has 0 saturated heterocycles. The first kappa shape index (κ1) is 18.0. The van der Waals surface area contributed by atoms with Gasteiger partial charge in [-0.3, -0.25) is 19.4 Å². The molecule has 2 N–H and O–H groups in total. The van der Waals surface area contributed by atoms with Gasteiger partial charge in [-0.25, -0.2) is 0 Å². The van der Waals surface area contributed by atoms with Gasteiger partial charge in [0.2, 0.25) is 0 Å². The van der Waals surface area contributed by atoms with E-state index >= 15 is 0 Å². The number of carbonyl (C=O) groups is 3. The molecular weight excluding hydrogens is 340 g/mol. The van der Waals surface area contributed by atoms with Crippen LogP contribution in [0.2, 0.25) is 0 Å². The predicted molar refractivity (Wildman–Crippen MR) is 90.5 cm³/mol. The molecule has 0 unspecified atom stereocenters. The van der Waals surface area contributed by atoms with Gasteiger partial charge in [-0.1, -0.05) is 5.16 Å². The number of carboxylic acid groups (broad SMARTS) is 1. The minimum Gasteiger partial charge on any atom is -0.511 e. The molecule has 0 aliphatic heterocycles. The minimum absolute atomic E-state index is 0.00732. The predicted octanol–water partition coefficient (Wildman–Crippen LogP) is 2.22. The van der Waals surface area contributed by atoms with E-state index in [0.717, 1.165) is 6.42 Å². The monoisotopic (exact) mass is 360 g/mol. The average molecular weight is 360 g/mol. The summed E-state index contributed by atoms with van der Waals surface area (Å²) in [6.07, 6.45) is 3.58. The zero-order valence-corrected chi connectivity index (χ0v) is 14.3. The lowest BCUT2D eigenvalue weighted by Gasteiger charge is -2.17. The van der Waals surface area contributed by atoms with E-state index in [9.17, 15) is 19.5 Å². The Kier molecular flexibility index (Phi) is 5.29. The molecule has 26 heavy (non-hydrogen) atoms. The molecule has 8 nitrogen and oxygen atoms in total. The van der Waals surface area contributed by atoms with Gasteiger partial charge >= 0.3 is 5.97 Å². The van der Waals surface area contributed by atoms with Crippen LogP contribution in [0.1, 0.15) is 60.3 Å². The summed E-state index contributed by atoms with van der Waals surface area (Å²) in [6, 6.07) is 0. The second-order valence-electron chi connectivity index (χ2n) is 6.46. The van der Waals surface area contributed by atoms with E-state index < -0.39 is 12.5 Å². The van der Waals surface area contributed by atoms with Crippen molar-refractivity contribution in [3.63, 3.8) is 0 Å². The maximum absolute atomic E-state index is 12.2. The third kappa shape index (κ3) is 3.74. The van der Waals surface area contributed by atoms with Crippen molar-refractivity contribution in [2.24, 2.45) is 4.99 Å². The summed E-state index contributed by atoms with van der Waals surface area (Å²) in [7, 11) is 0. The number of aliphatic carboxylic acids is 1. The van der Waals surface area contributed by atoms with Crippen molar-refractivity contribution < 1.29 is 29.1 Å². The number of carbonyl (C=O) groups excluding carboxylic acids is 2. The Labute approximate surface area is 149 Å². The first-order chi connectivity index (χ1) is 12.5. The quantitative estimate of drug-likeness (QED) is 0.608. The zero-order chi connectivity index (χ0) is 18.7. The lowest BCUT2D eigenvalue weighted by molar-refractivity contribution is -0.135. The number of ketones is 2.